The number of amides is 2. The number of nitroso groups, excluding NO2 is 1. The number of nitrogens with zero attached hydrogens (tertiary/aromatic N) is 2. The van der Waals surface area contributed by atoms with Gasteiger partial charge >= 0.3 is 6.03 Å². The van der Waals surface area contributed by atoms with Crippen LogP contribution < -0.4 is 5.73 Å². The van der Waals surface area contributed by atoms with Crippen LogP contribution in [-0.2, 0) is 6.42 Å². The molecule has 0 aromatic heterocycles. The third kappa shape index (κ3) is 3.20. The number of rotatable bonds is 1. The summed E-state index contributed by atoms with van der Waals surface area (Å²) in [7, 11) is 1.18. The average molecular weight is 219 g/mol. The van der Waals surface area contributed by atoms with Crippen molar-refractivity contribution in [2.45, 2.75) is 6.42 Å². The Balaban J connectivity index is 0.000000168. The number of urea groups is 1. The van der Waals surface area contributed by atoms with E-state index in [9.17, 15) is 9.70 Å². The van der Waals surface area contributed by atoms with Crippen LogP contribution in [0.4, 0.5) is 4.79 Å². The van der Waals surface area contributed by atoms with Gasteiger partial charge in [-0.25, -0.2) is 4.79 Å². The molecular formula is C11H13N3O2. The Hall–Kier alpha value is -2.17. The molecule has 2 N–H and O–H groups in total. The van der Waals surface area contributed by atoms with E-state index in [0.717, 1.165) is 6.42 Å². The maximum absolute atomic E-state index is 9.78. The molecule has 5 nitrogen and oxygen atoms in total. The van der Waals surface area contributed by atoms with Gasteiger partial charge < -0.3 is 5.73 Å². The lowest BCUT2D eigenvalue weighted by molar-refractivity contribution is 0.220. The summed E-state index contributed by atoms with van der Waals surface area (Å²) in [6, 6.07) is 7.64. The number of hydrogen-bond acceptors (Lipinski definition) is 3. The number of allylic oxidation sites excluding steroid dienone is 1. The van der Waals surface area contributed by atoms with E-state index in [1.54, 1.807) is 0 Å². The van der Waals surface area contributed by atoms with E-state index in [4.69, 9.17) is 0 Å². The van der Waals surface area contributed by atoms with Crippen LogP contribution in [0.2, 0.25) is 0 Å². The standard InChI is InChI=1S/C9H8.C2H5N3O2/c1-2-5-9-7-3-6-8(9)4-1;1-5(4-7)2(3)6/h1-6H,7H2;1H3,(H2,3,6). The summed E-state index contributed by atoms with van der Waals surface area (Å²) in [6.07, 6.45) is 5.50. The number of benzene rings is 1. The highest BCUT2D eigenvalue weighted by Crippen LogP contribution is 2.17. The van der Waals surface area contributed by atoms with Gasteiger partial charge in [-0.05, 0) is 17.5 Å². The molecule has 0 unspecified atom stereocenters. The molecule has 1 aliphatic rings. The number of hydrogen-bond donors (Lipinski definition) is 1. The van der Waals surface area contributed by atoms with E-state index in [1.165, 1.54) is 18.2 Å². The average Bonchev–Trinajstić information content (AvgIpc) is 2.76. The van der Waals surface area contributed by atoms with Crippen LogP contribution in [0, 0.1) is 4.91 Å². The summed E-state index contributed by atoms with van der Waals surface area (Å²) in [4.78, 5) is 19.1. The van der Waals surface area contributed by atoms with E-state index >= 15 is 0 Å². The first-order valence-electron chi connectivity index (χ1n) is 4.76. The van der Waals surface area contributed by atoms with Crippen LogP contribution in [0.3, 0.4) is 0 Å². The van der Waals surface area contributed by atoms with Crippen molar-refractivity contribution in [3.05, 3.63) is 46.4 Å². The first-order valence-corrected chi connectivity index (χ1v) is 4.76. The van der Waals surface area contributed by atoms with Crippen molar-refractivity contribution in [2.24, 2.45) is 11.0 Å². The predicted octanol–water partition coefficient (Wildman–Crippen LogP) is 1.93. The number of carbonyl (C=O) groups is 1. The van der Waals surface area contributed by atoms with Gasteiger partial charge in [0.2, 0.25) is 0 Å². The maximum Gasteiger partial charge on any atom is 0.337 e. The van der Waals surface area contributed by atoms with Crippen LogP contribution in [0.5, 0.6) is 0 Å². The zero-order valence-electron chi connectivity index (χ0n) is 8.96. The molecule has 0 radical (unpaired) electrons. The topological polar surface area (TPSA) is 75.8 Å². The summed E-state index contributed by atoms with van der Waals surface area (Å²) in [5.74, 6) is 0. The molecule has 0 saturated heterocycles. The number of nitrogens with two attached hydrogens (primary N) is 1. The monoisotopic (exact) mass is 219 g/mol. The Labute approximate surface area is 93.5 Å². The van der Waals surface area contributed by atoms with Crippen molar-refractivity contribution in [2.75, 3.05) is 7.05 Å². The molecule has 0 spiro atoms. The van der Waals surface area contributed by atoms with Gasteiger partial charge in [-0.2, -0.15) is 5.01 Å². The fourth-order valence-electron chi connectivity index (χ4n) is 1.24. The second-order valence-corrected chi connectivity index (χ2v) is 3.25. The van der Waals surface area contributed by atoms with Crippen molar-refractivity contribution < 1.29 is 4.79 Å². The molecule has 0 saturated carbocycles. The number of carbonyl (C=O) groups excluding carboxylic acids is 1. The van der Waals surface area contributed by atoms with Gasteiger partial charge in [-0.3, -0.25) is 0 Å². The molecule has 0 fully saturated rings. The van der Waals surface area contributed by atoms with Gasteiger partial charge in [0.1, 0.15) is 0 Å². The summed E-state index contributed by atoms with van der Waals surface area (Å²) in [6.45, 7) is 0. The number of primary amides is 1. The molecular weight excluding hydrogens is 206 g/mol. The molecule has 16 heavy (non-hydrogen) atoms. The molecule has 2 amide bonds. The van der Waals surface area contributed by atoms with Gasteiger partial charge in [0.05, 0.1) is 5.29 Å². The summed E-state index contributed by atoms with van der Waals surface area (Å²) in [5.41, 5.74) is 7.38. The molecule has 1 aliphatic carbocycles. The highest BCUT2D eigenvalue weighted by molar-refractivity contribution is 5.71. The normalized spacial score (nSPS) is 11.1. The van der Waals surface area contributed by atoms with Gasteiger partial charge in [0, 0.05) is 7.05 Å². The molecule has 5 heteroatoms. The zero-order valence-corrected chi connectivity index (χ0v) is 8.96. The van der Waals surface area contributed by atoms with Crippen molar-refractivity contribution in [1.82, 2.24) is 5.01 Å². The van der Waals surface area contributed by atoms with Crippen LogP contribution in [0.1, 0.15) is 11.1 Å². The summed E-state index contributed by atoms with van der Waals surface area (Å²) < 4.78 is 0. The predicted molar refractivity (Wildman–Crippen MR) is 62.3 cm³/mol. The molecule has 0 aliphatic heterocycles. The lowest BCUT2D eigenvalue weighted by atomic mass is 10.1. The molecule has 84 valence electrons. The number of fused-ring (bicyclic) bond motifs is 1. The maximum atomic E-state index is 9.78. The summed E-state index contributed by atoms with van der Waals surface area (Å²) >= 11 is 0. The van der Waals surface area contributed by atoms with Gasteiger partial charge in [0.15, 0.2) is 0 Å². The Morgan fingerprint density at radius 3 is 2.62 bits per heavy atom. The fraction of sp³-hybridized carbons (Fsp3) is 0.182. The van der Waals surface area contributed by atoms with E-state index in [0.29, 0.717) is 5.01 Å². The van der Waals surface area contributed by atoms with Crippen LogP contribution in [0.15, 0.2) is 35.6 Å². The Kier molecular flexibility index (Phi) is 4.20. The first kappa shape index (κ1) is 11.9. The first-order chi connectivity index (χ1) is 7.65. The molecule has 0 bridgehead atoms. The van der Waals surface area contributed by atoms with Crippen LogP contribution in [-0.4, -0.2) is 18.1 Å². The van der Waals surface area contributed by atoms with Gasteiger partial charge in [-0.1, -0.05) is 36.4 Å². The Morgan fingerprint density at radius 2 is 2.12 bits per heavy atom. The third-order valence-corrected chi connectivity index (χ3v) is 2.13. The Bertz CT molecular complexity index is 415. The van der Waals surface area contributed by atoms with E-state index in [2.05, 4.69) is 47.4 Å². The van der Waals surface area contributed by atoms with Crippen molar-refractivity contribution in [3.8, 4) is 0 Å². The molecule has 0 atom stereocenters. The molecule has 1 aromatic carbocycles. The Morgan fingerprint density at radius 1 is 1.44 bits per heavy atom. The SMILES string of the molecule is C1=Cc2ccccc2C1.CN(N=O)C(N)=O. The smallest absolute Gasteiger partial charge is 0.337 e. The molecule has 2 rings (SSSR count). The molecule has 0 heterocycles. The van der Waals surface area contributed by atoms with Crippen molar-refractivity contribution in [3.63, 3.8) is 0 Å². The van der Waals surface area contributed by atoms with Crippen molar-refractivity contribution >= 4 is 12.1 Å². The minimum atomic E-state index is -0.852. The van der Waals surface area contributed by atoms with Gasteiger partial charge in [-0.15, -0.1) is 4.91 Å². The lowest BCUT2D eigenvalue weighted by Crippen LogP contribution is -2.26. The summed E-state index contributed by atoms with van der Waals surface area (Å²) in [5, 5.41) is 2.70. The zero-order chi connectivity index (χ0) is 12.0. The van der Waals surface area contributed by atoms with E-state index in [1.807, 2.05) is 0 Å². The largest absolute Gasteiger partial charge is 0.350 e. The second-order valence-electron chi connectivity index (χ2n) is 3.25. The molecule has 1 aromatic rings. The lowest BCUT2D eigenvalue weighted by Gasteiger charge is -1.97. The fourth-order valence-corrected chi connectivity index (χ4v) is 1.24. The van der Waals surface area contributed by atoms with Gasteiger partial charge in [0.25, 0.3) is 0 Å². The third-order valence-electron chi connectivity index (χ3n) is 2.13. The van der Waals surface area contributed by atoms with E-state index in [-0.39, 0.29) is 0 Å². The highest BCUT2D eigenvalue weighted by Gasteiger charge is 2.00. The van der Waals surface area contributed by atoms with Crippen LogP contribution >= 0.6 is 0 Å². The minimum Gasteiger partial charge on any atom is -0.350 e. The second kappa shape index (κ2) is 5.65. The van der Waals surface area contributed by atoms with E-state index < -0.39 is 6.03 Å². The van der Waals surface area contributed by atoms with Crippen molar-refractivity contribution in [1.29, 1.82) is 0 Å². The van der Waals surface area contributed by atoms with Crippen LogP contribution in [0.25, 0.3) is 6.08 Å². The highest BCUT2D eigenvalue weighted by atomic mass is 16.3. The minimum absolute atomic E-state index is 0.500. The quantitative estimate of drug-likeness (QED) is 0.578.